The molecule has 1 saturated carbocycles. The fraction of sp³-hybridized carbons (Fsp3) is 0.538. The fourth-order valence-electron chi connectivity index (χ4n) is 1.94. The molecule has 0 saturated heterocycles. The average molecular weight is 259 g/mol. The van der Waals surface area contributed by atoms with Crippen LogP contribution in [-0.4, -0.2) is 12.6 Å². The molecule has 18 heavy (non-hydrogen) atoms. The summed E-state index contributed by atoms with van der Waals surface area (Å²) in [6.45, 7) is 0. The Hall–Kier alpha value is -1.23. The number of methoxy groups -OCH3 is 1. The Balaban J connectivity index is 2.17. The van der Waals surface area contributed by atoms with E-state index in [-0.39, 0.29) is 11.3 Å². The summed E-state index contributed by atoms with van der Waals surface area (Å²) in [5, 5.41) is 0. The molecule has 0 aromatic heterocycles. The summed E-state index contributed by atoms with van der Waals surface area (Å²) in [5.74, 6) is -0.139. The van der Waals surface area contributed by atoms with Gasteiger partial charge in [0.25, 0.3) is 0 Å². The standard InChI is InChI=1S/C13H16F3NO/c1-18-11-3-2-9(4-5-12(17)6-7-12)8-10(11)13(14,15)16/h2-3,8H,4-7,17H2,1H3. The second kappa shape index (κ2) is 4.46. The van der Waals surface area contributed by atoms with Gasteiger partial charge in [-0.1, -0.05) is 6.07 Å². The predicted octanol–water partition coefficient (Wildman–Crippen LogP) is 3.14. The summed E-state index contributed by atoms with van der Waals surface area (Å²) in [6.07, 6.45) is -1.15. The molecule has 100 valence electrons. The van der Waals surface area contributed by atoms with Crippen LogP contribution in [0.5, 0.6) is 5.75 Å². The quantitative estimate of drug-likeness (QED) is 0.901. The van der Waals surface area contributed by atoms with Gasteiger partial charge in [0.05, 0.1) is 12.7 Å². The Bertz CT molecular complexity index is 438. The first-order valence-corrected chi connectivity index (χ1v) is 5.87. The van der Waals surface area contributed by atoms with Crippen LogP contribution < -0.4 is 10.5 Å². The molecular weight excluding hydrogens is 243 g/mol. The van der Waals surface area contributed by atoms with Crippen molar-refractivity contribution in [3.8, 4) is 5.75 Å². The molecule has 2 nitrogen and oxygen atoms in total. The molecule has 2 rings (SSSR count). The van der Waals surface area contributed by atoms with Crippen LogP contribution in [0.2, 0.25) is 0 Å². The molecule has 0 spiro atoms. The van der Waals surface area contributed by atoms with Crippen LogP contribution >= 0.6 is 0 Å². The molecule has 0 amide bonds. The number of rotatable bonds is 4. The van der Waals surface area contributed by atoms with Crippen LogP contribution in [0.15, 0.2) is 18.2 Å². The molecule has 1 aliphatic rings. The van der Waals surface area contributed by atoms with E-state index in [1.54, 1.807) is 6.07 Å². The van der Waals surface area contributed by atoms with Crippen molar-refractivity contribution in [2.24, 2.45) is 5.73 Å². The molecule has 1 aromatic carbocycles. The summed E-state index contributed by atoms with van der Waals surface area (Å²) >= 11 is 0. The second-order valence-electron chi connectivity index (χ2n) is 4.89. The third kappa shape index (κ3) is 2.96. The van der Waals surface area contributed by atoms with Crippen LogP contribution in [0.3, 0.4) is 0 Å². The first-order chi connectivity index (χ1) is 8.34. The van der Waals surface area contributed by atoms with E-state index in [0.717, 1.165) is 25.3 Å². The first kappa shape index (κ1) is 13.2. The lowest BCUT2D eigenvalue weighted by Crippen LogP contribution is -2.22. The van der Waals surface area contributed by atoms with Gasteiger partial charge < -0.3 is 10.5 Å². The van der Waals surface area contributed by atoms with Crippen molar-refractivity contribution in [1.82, 2.24) is 0 Å². The van der Waals surface area contributed by atoms with Gasteiger partial charge in [-0.25, -0.2) is 0 Å². The van der Waals surface area contributed by atoms with Crippen molar-refractivity contribution in [2.45, 2.75) is 37.4 Å². The molecular formula is C13H16F3NO. The summed E-state index contributed by atoms with van der Waals surface area (Å²) < 4.78 is 43.1. The van der Waals surface area contributed by atoms with Crippen molar-refractivity contribution < 1.29 is 17.9 Å². The molecule has 1 aliphatic carbocycles. The number of aryl methyl sites for hydroxylation is 1. The van der Waals surface area contributed by atoms with Gasteiger partial charge in [0.2, 0.25) is 0 Å². The monoisotopic (exact) mass is 259 g/mol. The number of benzene rings is 1. The summed E-state index contributed by atoms with van der Waals surface area (Å²) in [5.41, 5.74) is 5.72. The lowest BCUT2D eigenvalue weighted by molar-refractivity contribution is -0.138. The van der Waals surface area contributed by atoms with Crippen LogP contribution in [0.4, 0.5) is 13.2 Å². The third-order valence-corrected chi connectivity index (χ3v) is 3.37. The van der Waals surface area contributed by atoms with Crippen LogP contribution in [0, 0.1) is 0 Å². The number of halogens is 3. The van der Waals surface area contributed by atoms with E-state index < -0.39 is 11.7 Å². The van der Waals surface area contributed by atoms with Crippen molar-refractivity contribution in [1.29, 1.82) is 0 Å². The average Bonchev–Trinajstić information content (AvgIpc) is 3.04. The third-order valence-electron chi connectivity index (χ3n) is 3.37. The minimum atomic E-state index is -4.39. The zero-order valence-corrected chi connectivity index (χ0v) is 10.2. The molecule has 1 aromatic rings. The Labute approximate surface area is 104 Å². The Kier molecular flexibility index (Phi) is 3.27. The zero-order valence-electron chi connectivity index (χ0n) is 10.2. The van der Waals surface area contributed by atoms with E-state index >= 15 is 0 Å². The smallest absolute Gasteiger partial charge is 0.419 e. The summed E-state index contributed by atoms with van der Waals surface area (Å²) in [6, 6.07) is 4.19. The summed E-state index contributed by atoms with van der Waals surface area (Å²) in [4.78, 5) is 0. The van der Waals surface area contributed by atoms with Gasteiger partial charge in [0, 0.05) is 5.54 Å². The van der Waals surface area contributed by atoms with Crippen molar-refractivity contribution in [3.63, 3.8) is 0 Å². The zero-order chi connectivity index (χ0) is 13.4. The highest BCUT2D eigenvalue weighted by Gasteiger charge is 2.38. The number of alkyl halides is 3. The number of nitrogens with two attached hydrogens (primary N) is 1. The maximum absolute atomic E-state index is 12.8. The highest BCUT2D eigenvalue weighted by molar-refractivity contribution is 5.39. The van der Waals surface area contributed by atoms with Crippen molar-refractivity contribution >= 4 is 0 Å². The summed E-state index contributed by atoms with van der Waals surface area (Å²) in [7, 11) is 1.24. The van der Waals surface area contributed by atoms with E-state index in [2.05, 4.69) is 0 Å². The molecule has 0 unspecified atom stereocenters. The van der Waals surface area contributed by atoms with Gasteiger partial charge in [-0.2, -0.15) is 13.2 Å². The lowest BCUT2D eigenvalue weighted by atomic mass is 10.0. The number of hydrogen-bond acceptors (Lipinski definition) is 2. The Morgan fingerprint density at radius 1 is 1.33 bits per heavy atom. The molecule has 0 atom stereocenters. The van der Waals surface area contributed by atoms with Crippen molar-refractivity contribution in [3.05, 3.63) is 29.3 Å². The molecule has 5 heteroatoms. The largest absolute Gasteiger partial charge is 0.496 e. The highest BCUT2D eigenvalue weighted by atomic mass is 19.4. The van der Waals surface area contributed by atoms with Crippen LogP contribution in [-0.2, 0) is 12.6 Å². The minimum absolute atomic E-state index is 0.139. The van der Waals surface area contributed by atoms with E-state index in [1.807, 2.05) is 0 Å². The first-order valence-electron chi connectivity index (χ1n) is 5.87. The number of ether oxygens (including phenoxy) is 1. The molecule has 1 fully saturated rings. The van der Waals surface area contributed by atoms with Gasteiger partial charge in [0.15, 0.2) is 0 Å². The highest BCUT2D eigenvalue weighted by Crippen LogP contribution is 2.39. The molecule has 2 N–H and O–H groups in total. The van der Waals surface area contributed by atoms with E-state index in [9.17, 15) is 13.2 Å². The molecule has 0 heterocycles. The fourth-order valence-corrected chi connectivity index (χ4v) is 1.94. The predicted molar refractivity (Wildman–Crippen MR) is 62.5 cm³/mol. The SMILES string of the molecule is COc1ccc(CCC2(N)CC2)cc1C(F)(F)F. The van der Waals surface area contributed by atoms with E-state index in [0.29, 0.717) is 12.0 Å². The maximum atomic E-state index is 12.8. The van der Waals surface area contributed by atoms with E-state index in [4.69, 9.17) is 10.5 Å². The minimum Gasteiger partial charge on any atom is -0.496 e. The van der Waals surface area contributed by atoms with Crippen LogP contribution in [0.1, 0.15) is 30.4 Å². The lowest BCUT2D eigenvalue weighted by Gasteiger charge is -2.14. The van der Waals surface area contributed by atoms with E-state index in [1.165, 1.54) is 13.2 Å². The van der Waals surface area contributed by atoms with Gasteiger partial charge in [-0.15, -0.1) is 0 Å². The van der Waals surface area contributed by atoms with Crippen LogP contribution in [0.25, 0.3) is 0 Å². The Morgan fingerprint density at radius 2 is 2.00 bits per heavy atom. The van der Waals surface area contributed by atoms with Crippen molar-refractivity contribution in [2.75, 3.05) is 7.11 Å². The maximum Gasteiger partial charge on any atom is 0.419 e. The van der Waals surface area contributed by atoms with Gasteiger partial charge >= 0.3 is 6.18 Å². The normalized spacial score (nSPS) is 17.6. The number of hydrogen-bond donors (Lipinski definition) is 1. The second-order valence-corrected chi connectivity index (χ2v) is 4.89. The topological polar surface area (TPSA) is 35.2 Å². The van der Waals surface area contributed by atoms with Gasteiger partial charge in [-0.05, 0) is 43.4 Å². The van der Waals surface area contributed by atoms with Gasteiger partial charge in [0.1, 0.15) is 5.75 Å². The molecule has 0 radical (unpaired) electrons. The van der Waals surface area contributed by atoms with Gasteiger partial charge in [-0.3, -0.25) is 0 Å². The molecule has 0 aliphatic heterocycles. The molecule has 0 bridgehead atoms. The Morgan fingerprint density at radius 3 is 2.50 bits per heavy atom.